The van der Waals surface area contributed by atoms with Gasteiger partial charge in [0.25, 0.3) is 5.91 Å². The Labute approximate surface area is 164 Å². The maximum Gasteiger partial charge on any atom is 0.307 e. The number of fused-ring (bicyclic) bond motifs is 1. The van der Waals surface area contributed by atoms with Crippen LogP contribution in [0.4, 0.5) is 4.39 Å². The minimum absolute atomic E-state index is 0.126. The molecule has 0 aliphatic carbocycles. The van der Waals surface area contributed by atoms with E-state index in [-0.39, 0.29) is 24.8 Å². The van der Waals surface area contributed by atoms with Crippen LogP contribution in [0.3, 0.4) is 0 Å². The lowest BCUT2D eigenvalue weighted by Gasteiger charge is -2.05. The molecule has 0 unspecified atom stereocenters. The fourth-order valence-electron chi connectivity index (χ4n) is 2.67. The number of aryl methyl sites for hydroxylation is 1. The van der Waals surface area contributed by atoms with Crippen molar-refractivity contribution < 1.29 is 23.5 Å². The number of ether oxygens (including phenoxy) is 2. The van der Waals surface area contributed by atoms with Crippen molar-refractivity contribution >= 4 is 33.4 Å². The molecule has 0 fully saturated rings. The Balaban J connectivity index is 1.99. The van der Waals surface area contributed by atoms with Gasteiger partial charge in [0.1, 0.15) is 11.6 Å². The van der Waals surface area contributed by atoms with Crippen molar-refractivity contribution in [1.29, 1.82) is 0 Å². The minimum atomic E-state index is -0.431. The molecule has 146 valence electrons. The summed E-state index contributed by atoms with van der Waals surface area (Å²) >= 11 is 1.19. The number of benzene rings is 2. The number of amides is 1. The molecule has 0 saturated heterocycles. The molecule has 2 aromatic carbocycles. The molecule has 1 heterocycles. The zero-order valence-corrected chi connectivity index (χ0v) is 16.3. The summed E-state index contributed by atoms with van der Waals surface area (Å²) in [6.45, 7) is 2.31. The summed E-state index contributed by atoms with van der Waals surface area (Å²) in [7, 11) is 1.55. The van der Waals surface area contributed by atoms with Crippen LogP contribution in [0, 0.1) is 5.82 Å². The molecule has 0 saturated carbocycles. The van der Waals surface area contributed by atoms with Gasteiger partial charge in [0.2, 0.25) is 0 Å². The van der Waals surface area contributed by atoms with E-state index in [1.807, 2.05) is 0 Å². The van der Waals surface area contributed by atoms with Gasteiger partial charge in [-0.3, -0.25) is 9.59 Å². The van der Waals surface area contributed by atoms with Crippen LogP contribution in [0.25, 0.3) is 10.2 Å². The number of carbonyl (C=O) groups excluding carboxylic acids is 2. The van der Waals surface area contributed by atoms with Crippen molar-refractivity contribution in [3.63, 3.8) is 0 Å². The second-order valence-electron chi connectivity index (χ2n) is 5.85. The van der Waals surface area contributed by atoms with E-state index >= 15 is 0 Å². The summed E-state index contributed by atoms with van der Waals surface area (Å²) in [4.78, 5) is 28.9. The predicted molar refractivity (Wildman–Crippen MR) is 104 cm³/mol. The first kappa shape index (κ1) is 19.8. The number of carbonyl (C=O) groups is 2. The molecular formula is C20H19FN2O4S. The molecule has 3 aromatic rings. The molecule has 0 aliphatic heterocycles. The third-order valence-electron chi connectivity index (χ3n) is 4.02. The molecule has 8 heteroatoms. The van der Waals surface area contributed by atoms with Crippen LogP contribution in [-0.2, 0) is 16.1 Å². The normalized spacial score (nSPS) is 11.6. The third-order valence-corrected chi connectivity index (χ3v) is 5.06. The van der Waals surface area contributed by atoms with Crippen LogP contribution >= 0.6 is 11.3 Å². The van der Waals surface area contributed by atoms with Crippen LogP contribution < -0.4 is 9.54 Å². The zero-order chi connectivity index (χ0) is 20.1. The van der Waals surface area contributed by atoms with E-state index in [1.54, 1.807) is 48.9 Å². The van der Waals surface area contributed by atoms with E-state index in [2.05, 4.69) is 4.99 Å². The molecule has 0 spiro atoms. The van der Waals surface area contributed by atoms with Crippen molar-refractivity contribution in [2.45, 2.75) is 19.9 Å². The van der Waals surface area contributed by atoms with Gasteiger partial charge in [0, 0.05) is 12.1 Å². The van der Waals surface area contributed by atoms with Crippen LogP contribution in [0.15, 0.2) is 47.5 Å². The summed E-state index contributed by atoms with van der Waals surface area (Å²) in [5.74, 6) is -0.513. The molecule has 1 amide bonds. The lowest BCUT2D eigenvalue weighted by molar-refractivity contribution is -0.143. The second-order valence-corrected chi connectivity index (χ2v) is 6.86. The quantitative estimate of drug-likeness (QED) is 0.592. The number of hydrogen-bond acceptors (Lipinski definition) is 5. The summed E-state index contributed by atoms with van der Waals surface area (Å²) in [5.41, 5.74) is 1.11. The van der Waals surface area contributed by atoms with Crippen molar-refractivity contribution in [1.82, 2.24) is 4.57 Å². The summed E-state index contributed by atoms with van der Waals surface area (Å²) in [6, 6.07) is 10.9. The van der Waals surface area contributed by atoms with Gasteiger partial charge in [0.15, 0.2) is 4.80 Å². The third kappa shape index (κ3) is 4.45. The van der Waals surface area contributed by atoms with Gasteiger partial charge >= 0.3 is 5.97 Å². The van der Waals surface area contributed by atoms with Gasteiger partial charge in [-0.25, -0.2) is 4.39 Å². The predicted octanol–water partition coefficient (Wildman–Crippen LogP) is 3.54. The van der Waals surface area contributed by atoms with E-state index < -0.39 is 5.91 Å². The van der Waals surface area contributed by atoms with E-state index in [0.29, 0.717) is 32.9 Å². The van der Waals surface area contributed by atoms with Gasteiger partial charge in [-0.1, -0.05) is 11.3 Å². The van der Waals surface area contributed by atoms with E-state index in [1.165, 1.54) is 23.5 Å². The number of aromatic nitrogens is 1. The monoisotopic (exact) mass is 402 g/mol. The fourth-order valence-corrected chi connectivity index (χ4v) is 3.75. The highest BCUT2D eigenvalue weighted by Gasteiger charge is 2.12. The SMILES string of the molecule is CCOC(=O)CCn1c(=NC(=O)c2ccc(OC)cc2)sc2cc(F)ccc21. The Hall–Kier alpha value is -3.00. The molecule has 28 heavy (non-hydrogen) atoms. The van der Waals surface area contributed by atoms with Crippen LogP contribution in [0.2, 0.25) is 0 Å². The number of esters is 1. The Morgan fingerprint density at radius 1 is 1.18 bits per heavy atom. The highest BCUT2D eigenvalue weighted by molar-refractivity contribution is 7.16. The maximum atomic E-state index is 13.6. The molecule has 1 aromatic heterocycles. The van der Waals surface area contributed by atoms with Crippen molar-refractivity contribution in [3.8, 4) is 5.75 Å². The highest BCUT2D eigenvalue weighted by atomic mass is 32.1. The van der Waals surface area contributed by atoms with Gasteiger partial charge in [0.05, 0.1) is 30.4 Å². The smallest absolute Gasteiger partial charge is 0.307 e. The zero-order valence-electron chi connectivity index (χ0n) is 15.5. The standard InChI is InChI=1S/C20H19FN2O4S/c1-3-27-18(24)10-11-23-16-9-6-14(21)12-17(16)28-20(23)22-19(25)13-4-7-15(26-2)8-5-13/h4-9,12H,3,10-11H2,1-2H3. The second kappa shape index (κ2) is 8.79. The van der Waals surface area contributed by atoms with Crippen LogP contribution in [0.1, 0.15) is 23.7 Å². The van der Waals surface area contributed by atoms with E-state index in [4.69, 9.17) is 9.47 Å². The average Bonchev–Trinajstić information content (AvgIpc) is 3.02. The number of nitrogens with zero attached hydrogens (tertiary/aromatic N) is 2. The number of halogens is 1. The fraction of sp³-hybridized carbons (Fsp3) is 0.250. The topological polar surface area (TPSA) is 69.9 Å². The van der Waals surface area contributed by atoms with Crippen LogP contribution in [0.5, 0.6) is 5.75 Å². The summed E-state index contributed by atoms with van der Waals surface area (Å²) < 4.78 is 26.0. The molecular weight excluding hydrogens is 383 g/mol. The largest absolute Gasteiger partial charge is 0.497 e. The number of hydrogen-bond donors (Lipinski definition) is 0. The average molecular weight is 402 g/mol. The van der Waals surface area contributed by atoms with Crippen molar-refractivity contribution in [2.75, 3.05) is 13.7 Å². The Morgan fingerprint density at radius 2 is 1.93 bits per heavy atom. The lowest BCUT2D eigenvalue weighted by Crippen LogP contribution is -2.19. The maximum absolute atomic E-state index is 13.6. The van der Waals surface area contributed by atoms with Gasteiger partial charge in [-0.05, 0) is 49.4 Å². The summed E-state index contributed by atoms with van der Waals surface area (Å²) in [5, 5.41) is 0. The van der Waals surface area contributed by atoms with Gasteiger partial charge < -0.3 is 14.0 Å². The van der Waals surface area contributed by atoms with Crippen molar-refractivity contribution in [2.24, 2.45) is 4.99 Å². The highest BCUT2D eigenvalue weighted by Crippen LogP contribution is 2.19. The van der Waals surface area contributed by atoms with Gasteiger partial charge in [-0.2, -0.15) is 4.99 Å². The first-order valence-corrected chi connectivity index (χ1v) is 9.51. The molecule has 0 radical (unpaired) electrons. The Morgan fingerprint density at radius 3 is 2.61 bits per heavy atom. The molecule has 0 N–H and O–H groups in total. The lowest BCUT2D eigenvalue weighted by atomic mass is 10.2. The van der Waals surface area contributed by atoms with Gasteiger partial charge in [-0.15, -0.1) is 0 Å². The van der Waals surface area contributed by atoms with Crippen molar-refractivity contribution in [3.05, 3.63) is 58.6 Å². The molecule has 0 atom stereocenters. The Bertz CT molecular complexity index is 1070. The first-order chi connectivity index (χ1) is 13.5. The minimum Gasteiger partial charge on any atom is -0.497 e. The van der Waals surface area contributed by atoms with Crippen LogP contribution in [-0.4, -0.2) is 30.2 Å². The molecule has 0 bridgehead atoms. The molecule has 6 nitrogen and oxygen atoms in total. The number of thiazole rings is 1. The summed E-state index contributed by atoms with van der Waals surface area (Å²) in [6.07, 6.45) is 0.126. The number of methoxy groups -OCH3 is 1. The molecule has 3 rings (SSSR count). The van der Waals surface area contributed by atoms with E-state index in [0.717, 1.165) is 0 Å². The first-order valence-electron chi connectivity index (χ1n) is 8.69. The Kier molecular flexibility index (Phi) is 6.20. The number of rotatable bonds is 6. The van der Waals surface area contributed by atoms with E-state index in [9.17, 15) is 14.0 Å². The molecule has 0 aliphatic rings.